The van der Waals surface area contributed by atoms with Crippen LogP contribution in [0, 0.1) is 24.7 Å². The molecule has 0 amide bonds. The Balaban J connectivity index is 1.76. The quantitative estimate of drug-likeness (QED) is 0.811. The van der Waals surface area contributed by atoms with Gasteiger partial charge in [-0.2, -0.15) is 0 Å². The summed E-state index contributed by atoms with van der Waals surface area (Å²) in [5.41, 5.74) is 3.00. The zero-order valence-electron chi connectivity index (χ0n) is 13.6. The van der Waals surface area contributed by atoms with Crippen molar-refractivity contribution in [3.63, 3.8) is 0 Å². The zero-order valence-corrected chi connectivity index (χ0v) is 13.6. The van der Waals surface area contributed by atoms with E-state index < -0.39 is 0 Å². The summed E-state index contributed by atoms with van der Waals surface area (Å²) < 4.78 is 7.17. The van der Waals surface area contributed by atoms with E-state index in [1.165, 1.54) is 12.8 Å². The lowest BCUT2D eigenvalue weighted by molar-refractivity contribution is 0.338. The predicted molar refractivity (Wildman–Crippen MR) is 91.8 cm³/mol. The Morgan fingerprint density at radius 1 is 1.22 bits per heavy atom. The fourth-order valence-electron chi connectivity index (χ4n) is 2.44. The molecule has 23 heavy (non-hydrogen) atoms. The molecule has 1 aromatic heterocycles. The SMILES string of the molecule is CCOc1cc(C)n(Cc2ccc(C#CC3CC3)cc2)c(=O)c1. The molecule has 0 unspecified atom stereocenters. The third kappa shape index (κ3) is 4.04. The van der Waals surface area contributed by atoms with Crippen molar-refractivity contribution in [1.29, 1.82) is 0 Å². The number of nitrogens with zero attached hydrogens (tertiary/aromatic N) is 1. The number of rotatable bonds is 4. The molecule has 2 aromatic rings. The van der Waals surface area contributed by atoms with Gasteiger partial charge in [-0.05, 0) is 50.5 Å². The molecule has 0 aliphatic heterocycles. The lowest BCUT2D eigenvalue weighted by Gasteiger charge is -2.12. The van der Waals surface area contributed by atoms with Crippen LogP contribution in [0.15, 0.2) is 41.2 Å². The molecule has 1 aromatic carbocycles. The van der Waals surface area contributed by atoms with Gasteiger partial charge >= 0.3 is 0 Å². The van der Waals surface area contributed by atoms with Crippen LogP contribution in [0.5, 0.6) is 5.75 Å². The summed E-state index contributed by atoms with van der Waals surface area (Å²) in [4.78, 5) is 12.3. The maximum Gasteiger partial charge on any atom is 0.254 e. The molecule has 0 saturated heterocycles. The highest BCUT2D eigenvalue weighted by Gasteiger charge is 2.17. The summed E-state index contributed by atoms with van der Waals surface area (Å²) in [7, 11) is 0. The van der Waals surface area contributed by atoms with Crippen LogP contribution < -0.4 is 10.3 Å². The van der Waals surface area contributed by atoms with Gasteiger partial charge in [-0.3, -0.25) is 4.79 Å². The van der Waals surface area contributed by atoms with Crippen LogP contribution in [0.3, 0.4) is 0 Å². The summed E-state index contributed by atoms with van der Waals surface area (Å²) in [5, 5.41) is 0. The average Bonchev–Trinajstić information content (AvgIpc) is 3.35. The number of ether oxygens (including phenoxy) is 1. The van der Waals surface area contributed by atoms with E-state index in [0.717, 1.165) is 16.8 Å². The van der Waals surface area contributed by atoms with Gasteiger partial charge in [-0.1, -0.05) is 24.0 Å². The summed E-state index contributed by atoms with van der Waals surface area (Å²) in [5.74, 6) is 7.71. The summed E-state index contributed by atoms with van der Waals surface area (Å²) in [6, 6.07) is 11.6. The molecule has 1 fully saturated rings. The fraction of sp³-hybridized carbons (Fsp3) is 0.350. The van der Waals surface area contributed by atoms with Gasteiger partial charge in [0.25, 0.3) is 5.56 Å². The van der Waals surface area contributed by atoms with Crippen LogP contribution in [0.2, 0.25) is 0 Å². The van der Waals surface area contributed by atoms with Crippen molar-refractivity contribution in [2.75, 3.05) is 6.61 Å². The number of aryl methyl sites for hydroxylation is 1. The van der Waals surface area contributed by atoms with Gasteiger partial charge < -0.3 is 9.30 Å². The molecule has 118 valence electrons. The second-order valence-corrected chi connectivity index (χ2v) is 5.93. The topological polar surface area (TPSA) is 31.2 Å². The second kappa shape index (κ2) is 6.75. The summed E-state index contributed by atoms with van der Waals surface area (Å²) in [6.45, 7) is 4.97. The zero-order chi connectivity index (χ0) is 16.2. The van der Waals surface area contributed by atoms with E-state index in [1.54, 1.807) is 10.6 Å². The van der Waals surface area contributed by atoms with Gasteiger partial charge in [0.15, 0.2) is 0 Å². The molecule has 0 radical (unpaired) electrons. The minimum absolute atomic E-state index is 0.0361. The van der Waals surface area contributed by atoms with E-state index >= 15 is 0 Å². The smallest absolute Gasteiger partial charge is 0.254 e. The molecule has 3 nitrogen and oxygen atoms in total. The van der Waals surface area contributed by atoms with Gasteiger partial charge in [0.05, 0.1) is 13.2 Å². The number of aromatic nitrogens is 1. The van der Waals surface area contributed by atoms with Crippen molar-refractivity contribution in [1.82, 2.24) is 4.57 Å². The van der Waals surface area contributed by atoms with Gasteiger partial charge in [-0.15, -0.1) is 0 Å². The molecular formula is C20H21NO2. The number of benzene rings is 1. The first-order valence-electron chi connectivity index (χ1n) is 8.10. The molecule has 1 aliphatic carbocycles. The van der Waals surface area contributed by atoms with Crippen LogP contribution in [-0.4, -0.2) is 11.2 Å². The highest BCUT2D eigenvalue weighted by atomic mass is 16.5. The third-order valence-corrected chi connectivity index (χ3v) is 3.91. The van der Waals surface area contributed by atoms with Crippen LogP contribution >= 0.6 is 0 Å². The van der Waals surface area contributed by atoms with Gasteiger partial charge in [0.2, 0.25) is 0 Å². The van der Waals surface area contributed by atoms with E-state index in [0.29, 0.717) is 24.8 Å². The molecule has 0 spiro atoms. The standard InChI is InChI=1S/C20H21NO2/c1-3-23-19-12-15(2)21(20(22)13-19)14-18-10-8-17(9-11-18)7-6-16-4-5-16/h8-13,16H,3-5,14H2,1-2H3. The van der Waals surface area contributed by atoms with Crippen LogP contribution in [0.1, 0.15) is 36.6 Å². The Hall–Kier alpha value is -2.47. The van der Waals surface area contributed by atoms with Gasteiger partial charge in [0.1, 0.15) is 5.75 Å². The minimum Gasteiger partial charge on any atom is -0.494 e. The Morgan fingerprint density at radius 3 is 2.57 bits per heavy atom. The summed E-state index contributed by atoms with van der Waals surface area (Å²) in [6.07, 6.45) is 2.48. The predicted octanol–water partition coefficient (Wildman–Crippen LogP) is 3.37. The second-order valence-electron chi connectivity index (χ2n) is 5.93. The first kappa shape index (κ1) is 15.4. The Morgan fingerprint density at radius 2 is 1.96 bits per heavy atom. The van der Waals surface area contributed by atoms with Gasteiger partial charge in [-0.25, -0.2) is 0 Å². The Labute approximate surface area is 136 Å². The van der Waals surface area contributed by atoms with E-state index in [9.17, 15) is 4.79 Å². The van der Waals surface area contributed by atoms with Crippen molar-refractivity contribution >= 4 is 0 Å². The molecule has 0 N–H and O–H groups in total. The van der Waals surface area contributed by atoms with E-state index in [1.807, 2.05) is 44.2 Å². The first-order valence-corrected chi connectivity index (χ1v) is 8.10. The van der Waals surface area contributed by atoms with Crippen molar-refractivity contribution < 1.29 is 4.74 Å². The molecule has 1 aliphatic rings. The Kier molecular flexibility index (Phi) is 4.52. The van der Waals surface area contributed by atoms with Crippen molar-refractivity contribution in [2.45, 2.75) is 33.2 Å². The summed E-state index contributed by atoms with van der Waals surface area (Å²) >= 11 is 0. The maximum atomic E-state index is 12.3. The van der Waals surface area contributed by atoms with Crippen LogP contribution in [-0.2, 0) is 6.54 Å². The van der Waals surface area contributed by atoms with Crippen molar-refractivity contribution in [2.24, 2.45) is 5.92 Å². The van der Waals surface area contributed by atoms with E-state index in [-0.39, 0.29) is 5.56 Å². The third-order valence-electron chi connectivity index (χ3n) is 3.91. The monoisotopic (exact) mass is 307 g/mol. The highest BCUT2D eigenvalue weighted by Crippen LogP contribution is 2.27. The molecular weight excluding hydrogens is 286 g/mol. The molecule has 3 heteroatoms. The minimum atomic E-state index is -0.0361. The molecule has 0 bridgehead atoms. The number of hydrogen-bond donors (Lipinski definition) is 0. The van der Waals surface area contributed by atoms with E-state index in [2.05, 4.69) is 11.8 Å². The molecule has 1 heterocycles. The lowest BCUT2D eigenvalue weighted by Crippen LogP contribution is -2.22. The van der Waals surface area contributed by atoms with Gasteiger partial charge in [0, 0.05) is 23.2 Å². The first-order chi connectivity index (χ1) is 11.2. The lowest BCUT2D eigenvalue weighted by atomic mass is 10.1. The van der Waals surface area contributed by atoms with Crippen LogP contribution in [0.4, 0.5) is 0 Å². The van der Waals surface area contributed by atoms with Crippen molar-refractivity contribution in [3.05, 3.63) is 63.6 Å². The van der Waals surface area contributed by atoms with Crippen molar-refractivity contribution in [3.8, 4) is 17.6 Å². The van der Waals surface area contributed by atoms with Crippen LogP contribution in [0.25, 0.3) is 0 Å². The average molecular weight is 307 g/mol. The van der Waals surface area contributed by atoms with E-state index in [4.69, 9.17) is 4.74 Å². The molecule has 1 saturated carbocycles. The normalized spacial score (nSPS) is 13.3. The molecule has 0 atom stereocenters. The fourth-order valence-corrected chi connectivity index (χ4v) is 2.44. The number of pyridine rings is 1. The molecule has 3 rings (SSSR count). The highest BCUT2D eigenvalue weighted by molar-refractivity contribution is 5.37. The number of hydrogen-bond acceptors (Lipinski definition) is 2. The Bertz CT molecular complexity index is 802. The largest absolute Gasteiger partial charge is 0.494 e. The maximum absolute atomic E-state index is 12.3.